The average molecular weight is 200 g/mol. The first kappa shape index (κ1) is 12.5. The van der Waals surface area contributed by atoms with Gasteiger partial charge in [0.05, 0.1) is 0 Å². The number of halogens is 1. The van der Waals surface area contributed by atoms with E-state index in [-0.39, 0.29) is 0 Å². The summed E-state index contributed by atoms with van der Waals surface area (Å²) in [5.74, 6) is 0. The molecular formula is C11H18ClN. The van der Waals surface area contributed by atoms with Crippen molar-refractivity contribution < 1.29 is 0 Å². The predicted octanol–water partition coefficient (Wildman–Crippen LogP) is 3.26. The Balaban J connectivity index is 0.000000424. The van der Waals surface area contributed by atoms with Gasteiger partial charge in [-0.15, -0.1) is 0 Å². The number of benzene rings is 1. The highest BCUT2D eigenvalue weighted by Gasteiger charge is 1.90. The fourth-order valence-electron chi connectivity index (χ4n) is 0.859. The van der Waals surface area contributed by atoms with Crippen molar-refractivity contribution in [3.63, 3.8) is 0 Å². The van der Waals surface area contributed by atoms with Crippen molar-refractivity contribution in [1.29, 1.82) is 0 Å². The van der Waals surface area contributed by atoms with Gasteiger partial charge in [-0.2, -0.15) is 0 Å². The Bertz CT molecular complexity index is 223. The number of hydrogen-bond donors (Lipinski definition) is 1. The first-order chi connectivity index (χ1) is 6.24. The molecule has 0 aliphatic rings. The second kappa shape index (κ2) is 8.09. The molecule has 1 aromatic carbocycles. The molecule has 0 heterocycles. The van der Waals surface area contributed by atoms with Gasteiger partial charge in [-0.25, -0.2) is 0 Å². The third-order valence-corrected chi connectivity index (χ3v) is 1.56. The summed E-state index contributed by atoms with van der Waals surface area (Å²) >= 11 is 5.74. The lowest BCUT2D eigenvalue weighted by Crippen LogP contribution is -2.02. The number of rotatable bonds is 2. The Morgan fingerprint density at radius 1 is 1.31 bits per heavy atom. The molecule has 0 aliphatic carbocycles. The van der Waals surface area contributed by atoms with E-state index >= 15 is 0 Å². The Morgan fingerprint density at radius 2 is 1.92 bits per heavy atom. The zero-order chi connectivity index (χ0) is 10.1. The molecule has 0 bridgehead atoms. The Labute approximate surface area is 85.9 Å². The number of nitrogens with two attached hydrogens (primary N) is 1. The molecule has 0 aromatic heterocycles. The Kier molecular flexibility index (Phi) is 7.76. The maximum Gasteiger partial charge on any atom is 0.0408 e. The van der Waals surface area contributed by atoms with Crippen LogP contribution in [-0.4, -0.2) is 6.54 Å². The van der Waals surface area contributed by atoms with Crippen LogP contribution in [0.1, 0.15) is 25.8 Å². The van der Waals surface area contributed by atoms with Crippen LogP contribution in [0.25, 0.3) is 0 Å². The summed E-state index contributed by atoms with van der Waals surface area (Å²) in [4.78, 5) is 0. The maximum atomic E-state index is 5.74. The predicted molar refractivity (Wildman–Crippen MR) is 60.2 cm³/mol. The molecule has 0 aliphatic heterocycles. The first-order valence-corrected chi connectivity index (χ1v) is 5.06. The third-order valence-electron chi connectivity index (χ3n) is 1.32. The van der Waals surface area contributed by atoms with Crippen LogP contribution >= 0.6 is 11.6 Å². The average Bonchev–Trinajstić information content (AvgIpc) is 2.06. The highest BCUT2D eigenvalue weighted by Crippen LogP contribution is 2.10. The fraction of sp³-hybridized carbons (Fsp3) is 0.455. The molecule has 0 unspecified atom stereocenters. The van der Waals surface area contributed by atoms with Crippen molar-refractivity contribution in [1.82, 2.24) is 0 Å². The van der Waals surface area contributed by atoms with E-state index in [4.69, 9.17) is 17.3 Å². The van der Waals surface area contributed by atoms with Crippen molar-refractivity contribution in [3.05, 3.63) is 34.9 Å². The topological polar surface area (TPSA) is 26.0 Å². The van der Waals surface area contributed by atoms with E-state index in [1.165, 1.54) is 12.0 Å². The molecule has 0 fully saturated rings. The summed E-state index contributed by atoms with van der Waals surface area (Å²) in [6.07, 6.45) is 2.15. The van der Waals surface area contributed by atoms with Crippen molar-refractivity contribution in [2.75, 3.05) is 6.54 Å². The van der Waals surface area contributed by atoms with Gasteiger partial charge in [-0.3, -0.25) is 0 Å². The van der Waals surface area contributed by atoms with Crippen LogP contribution in [0.15, 0.2) is 24.3 Å². The van der Waals surface area contributed by atoms with Crippen molar-refractivity contribution in [3.8, 4) is 0 Å². The molecule has 0 saturated carbocycles. The van der Waals surface area contributed by atoms with Crippen molar-refractivity contribution >= 4 is 11.6 Å². The second-order valence-electron chi connectivity index (χ2n) is 2.88. The van der Waals surface area contributed by atoms with Crippen LogP contribution in [0.5, 0.6) is 0 Å². The maximum absolute atomic E-state index is 5.74. The van der Waals surface area contributed by atoms with Crippen LogP contribution in [0.4, 0.5) is 0 Å². The van der Waals surface area contributed by atoms with Gasteiger partial charge in [0.1, 0.15) is 0 Å². The van der Waals surface area contributed by atoms with Crippen LogP contribution < -0.4 is 5.73 Å². The van der Waals surface area contributed by atoms with E-state index in [0.717, 1.165) is 11.4 Å². The quantitative estimate of drug-likeness (QED) is 0.778. The van der Waals surface area contributed by atoms with Crippen LogP contribution in [-0.2, 0) is 6.42 Å². The van der Waals surface area contributed by atoms with Gasteiger partial charge in [0.25, 0.3) is 0 Å². The normalized spacial score (nSPS) is 8.92. The van der Waals surface area contributed by atoms with E-state index in [9.17, 15) is 0 Å². The van der Waals surface area contributed by atoms with Gasteiger partial charge in [0.2, 0.25) is 0 Å². The zero-order valence-corrected chi connectivity index (χ0v) is 9.14. The molecule has 0 atom stereocenters. The molecular weight excluding hydrogens is 182 g/mol. The van der Waals surface area contributed by atoms with E-state index in [0.29, 0.717) is 6.54 Å². The SMILES string of the molecule is CCC.NCCc1cccc(Cl)c1. The summed E-state index contributed by atoms with van der Waals surface area (Å²) < 4.78 is 0. The molecule has 13 heavy (non-hydrogen) atoms. The summed E-state index contributed by atoms with van der Waals surface area (Å²) in [5.41, 5.74) is 6.57. The molecule has 2 N–H and O–H groups in total. The van der Waals surface area contributed by atoms with Gasteiger partial charge in [0.15, 0.2) is 0 Å². The van der Waals surface area contributed by atoms with Crippen LogP contribution in [0, 0.1) is 0 Å². The molecule has 0 radical (unpaired) electrons. The van der Waals surface area contributed by atoms with Crippen LogP contribution in [0.3, 0.4) is 0 Å². The summed E-state index contributed by atoms with van der Waals surface area (Å²) in [6.45, 7) is 4.93. The second-order valence-corrected chi connectivity index (χ2v) is 3.31. The first-order valence-electron chi connectivity index (χ1n) is 4.69. The Morgan fingerprint density at radius 3 is 2.38 bits per heavy atom. The minimum atomic E-state index is 0.681. The van der Waals surface area contributed by atoms with E-state index in [1.54, 1.807) is 0 Å². The molecule has 74 valence electrons. The smallest absolute Gasteiger partial charge is 0.0408 e. The molecule has 0 spiro atoms. The third kappa shape index (κ3) is 6.62. The molecule has 2 heteroatoms. The van der Waals surface area contributed by atoms with Crippen molar-refractivity contribution in [2.45, 2.75) is 26.7 Å². The molecule has 1 rings (SSSR count). The summed E-state index contributed by atoms with van der Waals surface area (Å²) in [6, 6.07) is 7.77. The minimum absolute atomic E-state index is 0.681. The zero-order valence-electron chi connectivity index (χ0n) is 8.39. The fourth-order valence-corrected chi connectivity index (χ4v) is 1.07. The largest absolute Gasteiger partial charge is 0.330 e. The van der Waals surface area contributed by atoms with Gasteiger partial charge < -0.3 is 5.73 Å². The molecule has 1 nitrogen and oxygen atoms in total. The lowest BCUT2D eigenvalue weighted by Gasteiger charge is -1.96. The molecule has 0 amide bonds. The van der Waals surface area contributed by atoms with Crippen LogP contribution in [0.2, 0.25) is 5.02 Å². The number of hydrogen-bond acceptors (Lipinski definition) is 1. The van der Waals surface area contributed by atoms with E-state index in [2.05, 4.69) is 13.8 Å². The Hall–Kier alpha value is -0.530. The lowest BCUT2D eigenvalue weighted by molar-refractivity contribution is 0.969. The van der Waals surface area contributed by atoms with E-state index < -0.39 is 0 Å². The standard InChI is InChI=1S/C8H10ClN.C3H8/c9-8-3-1-2-7(6-8)4-5-10;1-3-2/h1-3,6H,4-5,10H2;3H2,1-2H3. The highest BCUT2D eigenvalue weighted by molar-refractivity contribution is 6.30. The van der Waals surface area contributed by atoms with Crippen molar-refractivity contribution in [2.24, 2.45) is 5.73 Å². The summed E-state index contributed by atoms with van der Waals surface area (Å²) in [7, 11) is 0. The highest BCUT2D eigenvalue weighted by atomic mass is 35.5. The van der Waals surface area contributed by atoms with Gasteiger partial charge >= 0.3 is 0 Å². The van der Waals surface area contributed by atoms with Gasteiger partial charge in [-0.1, -0.05) is 44.0 Å². The summed E-state index contributed by atoms with van der Waals surface area (Å²) in [5, 5.41) is 0.783. The minimum Gasteiger partial charge on any atom is -0.330 e. The monoisotopic (exact) mass is 199 g/mol. The molecule has 0 saturated heterocycles. The molecule has 1 aromatic rings. The van der Waals surface area contributed by atoms with E-state index in [1.807, 2.05) is 24.3 Å². The van der Waals surface area contributed by atoms with Gasteiger partial charge in [-0.05, 0) is 30.7 Å². The lowest BCUT2D eigenvalue weighted by atomic mass is 10.2. The van der Waals surface area contributed by atoms with Gasteiger partial charge in [0, 0.05) is 5.02 Å².